The third-order valence-corrected chi connectivity index (χ3v) is 6.55. The molecular formula is C20H24N2O3S. The van der Waals surface area contributed by atoms with Gasteiger partial charge in [0, 0.05) is 18.2 Å². The van der Waals surface area contributed by atoms with Gasteiger partial charge in [-0.25, -0.2) is 8.42 Å². The molecule has 138 valence electrons. The highest BCUT2D eigenvalue weighted by Crippen LogP contribution is 2.31. The molecule has 0 bridgehead atoms. The number of nitrogens with one attached hydrogen (secondary N) is 1. The number of sulfonamides is 1. The largest absolute Gasteiger partial charge is 0.350 e. The number of para-hydroxylation sites is 1. The fourth-order valence-electron chi connectivity index (χ4n) is 3.08. The molecule has 0 aliphatic carbocycles. The van der Waals surface area contributed by atoms with Gasteiger partial charge in [0.25, 0.3) is 15.9 Å². The molecule has 26 heavy (non-hydrogen) atoms. The molecule has 0 radical (unpaired) electrons. The van der Waals surface area contributed by atoms with E-state index in [9.17, 15) is 13.2 Å². The zero-order valence-electron chi connectivity index (χ0n) is 15.1. The molecule has 1 aliphatic rings. The predicted octanol–water partition coefficient (Wildman–Crippen LogP) is 3.36. The highest BCUT2D eigenvalue weighted by atomic mass is 32.2. The lowest BCUT2D eigenvalue weighted by Gasteiger charge is -2.30. The van der Waals surface area contributed by atoms with Gasteiger partial charge < -0.3 is 5.32 Å². The summed E-state index contributed by atoms with van der Waals surface area (Å²) in [7, 11) is -3.71. The fraction of sp³-hybridized carbons (Fsp3) is 0.350. The standard InChI is InChI=1S/C20H24N2O3S/c1-3-15(2)21-20(23)17-9-6-11-18(14-17)26(24,25)22-13-7-10-16-8-4-5-12-19(16)22/h4-6,8-9,11-12,14-15H,3,7,10,13H2,1-2H3,(H,21,23). The maximum Gasteiger partial charge on any atom is 0.264 e. The van der Waals surface area contributed by atoms with E-state index in [2.05, 4.69) is 5.32 Å². The van der Waals surface area contributed by atoms with E-state index in [1.807, 2.05) is 38.1 Å². The maximum atomic E-state index is 13.2. The summed E-state index contributed by atoms with van der Waals surface area (Å²) in [5.41, 5.74) is 2.12. The lowest BCUT2D eigenvalue weighted by molar-refractivity contribution is 0.0939. The smallest absolute Gasteiger partial charge is 0.264 e. The summed E-state index contributed by atoms with van der Waals surface area (Å²) in [5.74, 6) is -0.254. The lowest BCUT2D eigenvalue weighted by atomic mass is 10.0. The molecule has 0 saturated heterocycles. The molecule has 1 unspecified atom stereocenters. The molecule has 6 heteroatoms. The lowest BCUT2D eigenvalue weighted by Crippen LogP contribution is -2.36. The summed E-state index contributed by atoms with van der Waals surface area (Å²) >= 11 is 0. The zero-order chi connectivity index (χ0) is 18.7. The Morgan fingerprint density at radius 2 is 1.96 bits per heavy atom. The van der Waals surface area contributed by atoms with Crippen LogP contribution in [0.5, 0.6) is 0 Å². The molecule has 1 amide bonds. The van der Waals surface area contributed by atoms with Gasteiger partial charge in [-0.1, -0.05) is 31.2 Å². The van der Waals surface area contributed by atoms with Crippen molar-refractivity contribution in [2.24, 2.45) is 0 Å². The normalized spacial score (nSPS) is 15.2. The molecule has 1 atom stereocenters. The summed E-state index contributed by atoms with van der Waals surface area (Å²) in [6, 6.07) is 13.9. The highest BCUT2D eigenvalue weighted by Gasteiger charge is 2.29. The van der Waals surface area contributed by atoms with Gasteiger partial charge in [0.15, 0.2) is 0 Å². The van der Waals surface area contributed by atoms with E-state index in [1.54, 1.807) is 18.2 Å². The van der Waals surface area contributed by atoms with E-state index in [0.717, 1.165) is 30.5 Å². The third kappa shape index (κ3) is 3.60. The molecule has 0 fully saturated rings. The van der Waals surface area contributed by atoms with Gasteiger partial charge in [0.2, 0.25) is 0 Å². The van der Waals surface area contributed by atoms with Crippen LogP contribution in [-0.2, 0) is 16.4 Å². The van der Waals surface area contributed by atoms with Crippen molar-refractivity contribution in [2.75, 3.05) is 10.8 Å². The van der Waals surface area contributed by atoms with Gasteiger partial charge in [-0.05, 0) is 56.0 Å². The van der Waals surface area contributed by atoms with E-state index < -0.39 is 10.0 Å². The Hall–Kier alpha value is -2.34. The second-order valence-electron chi connectivity index (χ2n) is 6.62. The number of nitrogens with zero attached hydrogens (tertiary/aromatic N) is 1. The Morgan fingerprint density at radius 1 is 1.19 bits per heavy atom. The van der Waals surface area contributed by atoms with Gasteiger partial charge >= 0.3 is 0 Å². The van der Waals surface area contributed by atoms with Crippen molar-refractivity contribution >= 4 is 21.6 Å². The van der Waals surface area contributed by atoms with Gasteiger partial charge in [-0.2, -0.15) is 0 Å². The second kappa shape index (κ2) is 7.50. The zero-order valence-corrected chi connectivity index (χ0v) is 15.9. The van der Waals surface area contributed by atoms with Gasteiger partial charge in [-0.15, -0.1) is 0 Å². The molecule has 2 aromatic rings. The number of carbonyl (C=O) groups excluding carboxylic acids is 1. The summed E-state index contributed by atoms with van der Waals surface area (Å²) in [6.07, 6.45) is 2.47. The van der Waals surface area contributed by atoms with Crippen LogP contribution in [0.15, 0.2) is 53.4 Å². The number of hydrogen-bond acceptors (Lipinski definition) is 3. The van der Waals surface area contributed by atoms with E-state index in [-0.39, 0.29) is 16.8 Å². The Bertz CT molecular complexity index is 909. The van der Waals surface area contributed by atoms with E-state index in [4.69, 9.17) is 0 Å². The molecule has 0 saturated carbocycles. The number of aryl methyl sites for hydroxylation is 1. The molecular weight excluding hydrogens is 348 g/mol. The van der Waals surface area contributed by atoms with Crippen LogP contribution in [0.4, 0.5) is 5.69 Å². The molecule has 2 aromatic carbocycles. The molecule has 1 aliphatic heterocycles. The van der Waals surface area contributed by atoms with Crippen LogP contribution in [0.3, 0.4) is 0 Å². The first-order chi connectivity index (χ1) is 12.4. The molecule has 0 spiro atoms. The average molecular weight is 372 g/mol. The molecule has 3 rings (SSSR count). The molecule has 1 N–H and O–H groups in total. The highest BCUT2D eigenvalue weighted by molar-refractivity contribution is 7.92. The Kier molecular flexibility index (Phi) is 5.32. The number of amides is 1. The maximum absolute atomic E-state index is 13.2. The Balaban J connectivity index is 1.94. The molecule has 0 aromatic heterocycles. The van der Waals surface area contributed by atoms with Crippen molar-refractivity contribution in [1.29, 1.82) is 0 Å². The van der Waals surface area contributed by atoms with Crippen LogP contribution >= 0.6 is 0 Å². The number of carbonyl (C=O) groups is 1. The number of benzene rings is 2. The minimum atomic E-state index is -3.71. The quantitative estimate of drug-likeness (QED) is 0.875. The van der Waals surface area contributed by atoms with E-state index in [1.165, 1.54) is 10.4 Å². The van der Waals surface area contributed by atoms with Crippen molar-refractivity contribution < 1.29 is 13.2 Å². The van der Waals surface area contributed by atoms with Crippen LogP contribution in [0.1, 0.15) is 42.6 Å². The van der Waals surface area contributed by atoms with Crippen molar-refractivity contribution in [3.05, 3.63) is 59.7 Å². The fourth-order valence-corrected chi connectivity index (χ4v) is 4.67. The van der Waals surface area contributed by atoms with Gasteiger partial charge in [0.1, 0.15) is 0 Å². The van der Waals surface area contributed by atoms with Crippen LogP contribution in [0.2, 0.25) is 0 Å². The first-order valence-electron chi connectivity index (χ1n) is 8.95. The summed E-state index contributed by atoms with van der Waals surface area (Å²) < 4.78 is 27.9. The summed E-state index contributed by atoms with van der Waals surface area (Å²) in [4.78, 5) is 12.5. The Labute approximate surface area is 155 Å². The average Bonchev–Trinajstić information content (AvgIpc) is 2.67. The van der Waals surface area contributed by atoms with E-state index in [0.29, 0.717) is 12.1 Å². The predicted molar refractivity (Wildman–Crippen MR) is 103 cm³/mol. The summed E-state index contributed by atoms with van der Waals surface area (Å²) in [6.45, 7) is 4.35. The van der Waals surface area contributed by atoms with Gasteiger partial charge in [0.05, 0.1) is 10.6 Å². The number of rotatable bonds is 5. The molecule has 5 nitrogen and oxygen atoms in total. The van der Waals surface area contributed by atoms with Crippen molar-refractivity contribution in [1.82, 2.24) is 5.32 Å². The third-order valence-electron chi connectivity index (χ3n) is 4.74. The van der Waals surface area contributed by atoms with Crippen LogP contribution in [-0.4, -0.2) is 26.9 Å². The van der Waals surface area contributed by atoms with Crippen LogP contribution < -0.4 is 9.62 Å². The number of hydrogen-bond donors (Lipinski definition) is 1. The van der Waals surface area contributed by atoms with E-state index >= 15 is 0 Å². The Morgan fingerprint density at radius 3 is 2.73 bits per heavy atom. The SMILES string of the molecule is CCC(C)NC(=O)c1cccc(S(=O)(=O)N2CCCc3ccccc32)c1. The first-order valence-corrected chi connectivity index (χ1v) is 10.4. The minimum Gasteiger partial charge on any atom is -0.350 e. The minimum absolute atomic E-state index is 0.0386. The number of fused-ring (bicyclic) bond motifs is 1. The van der Waals surface area contributed by atoms with Gasteiger partial charge in [-0.3, -0.25) is 9.10 Å². The first kappa shape index (κ1) is 18.5. The second-order valence-corrected chi connectivity index (χ2v) is 8.48. The summed E-state index contributed by atoms with van der Waals surface area (Å²) in [5, 5.41) is 2.87. The molecule has 1 heterocycles. The number of anilines is 1. The van der Waals surface area contributed by atoms with Crippen molar-refractivity contribution in [3.8, 4) is 0 Å². The van der Waals surface area contributed by atoms with Crippen LogP contribution in [0, 0.1) is 0 Å². The van der Waals surface area contributed by atoms with Crippen LogP contribution in [0.25, 0.3) is 0 Å². The van der Waals surface area contributed by atoms with Crippen molar-refractivity contribution in [3.63, 3.8) is 0 Å². The topological polar surface area (TPSA) is 66.5 Å². The van der Waals surface area contributed by atoms with Crippen molar-refractivity contribution in [2.45, 2.75) is 44.0 Å². The monoisotopic (exact) mass is 372 g/mol.